The molecule has 112 valence electrons. The van der Waals surface area contributed by atoms with E-state index in [0.29, 0.717) is 5.75 Å². The summed E-state index contributed by atoms with van der Waals surface area (Å²) in [5.74, 6) is 0.698. The predicted octanol–water partition coefficient (Wildman–Crippen LogP) is 3.55. The topological polar surface area (TPSA) is 64.3 Å². The highest BCUT2D eigenvalue weighted by molar-refractivity contribution is 9.10. The Hall–Kier alpha value is -1.07. The van der Waals surface area contributed by atoms with Gasteiger partial charge in [0.05, 0.1) is 12.8 Å². The first-order valence-electron chi connectivity index (χ1n) is 6.84. The van der Waals surface area contributed by atoms with E-state index in [4.69, 9.17) is 10.5 Å². The second-order valence-corrected chi connectivity index (χ2v) is 6.00. The lowest BCUT2D eigenvalue weighted by molar-refractivity contribution is -0.119. The molecule has 0 saturated carbocycles. The maximum Gasteiger partial charge on any atom is 0.227 e. The highest BCUT2D eigenvalue weighted by Crippen LogP contribution is 2.27. The van der Waals surface area contributed by atoms with E-state index < -0.39 is 0 Å². The van der Waals surface area contributed by atoms with E-state index in [2.05, 4.69) is 21.2 Å². The van der Waals surface area contributed by atoms with Crippen LogP contribution in [0.5, 0.6) is 5.75 Å². The van der Waals surface area contributed by atoms with Crippen molar-refractivity contribution in [1.82, 2.24) is 0 Å². The zero-order valence-electron chi connectivity index (χ0n) is 12.3. The van der Waals surface area contributed by atoms with Crippen molar-refractivity contribution in [3.63, 3.8) is 0 Å². The molecule has 1 aromatic rings. The number of hydrogen-bond acceptors (Lipinski definition) is 3. The SMILES string of the molecule is COc1ccc(Br)c(NC(=O)C(C)CCCC(C)N)c1. The van der Waals surface area contributed by atoms with Gasteiger partial charge in [-0.3, -0.25) is 4.79 Å². The van der Waals surface area contributed by atoms with E-state index >= 15 is 0 Å². The Balaban J connectivity index is 2.56. The number of carbonyl (C=O) groups is 1. The fourth-order valence-corrected chi connectivity index (χ4v) is 2.21. The van der Waals surface area contributed by atoms with Gasteiger partial charge in [0.1, 0.15) is 5.75 Å². The highest BCUT2D eigenvalue weighted by Gasteiger charge is 2.14. The molecular weight excluding hydrogens is 320 g/mol. The van der Waals surface area contributed by atoms with Crippen molar-refractivity contribution in [1.29, 1.82) is 0 Å². The summed E-state index contributed by atoms with van der Waals surface area (Å²) in [6.07, 6.45) is 2.75. The lowest BCUT2D eigenvalue weighted by Crippen LogP contribution is -2.21. The van der Waals surface area contributed by atoms with Crippen LogP contribution in [-0.2, 0) is 4.79 Å². The molecule has 2 atom stereocenters. The average molecular weight is 343 g/mol. The van der Waals surface area contributed by atoms with Crippen LogP contribution in [0.2, 0.25) is 0 Å². The Labute approximate surface area is 129 Å². The van der Waals surface area contributed by atoms with Gasteiger partial charge >= 0.3 is 0 Å². The summed E-state index contributed by atoms with van der Waals surface area (Å²) in [6, 6.07) is 5.69. The zero-order valence-corrected chi connectivity index (χ0v) is 13.9. The van der Waals surface area contributed by atoms with E-state index in [0.717, 1.165) is 29.4 Å². The molecule has 2 unspecified atom stereocenters. The third-order valence-corrected chi connectivity index (χ3v) is 3.87. The zero-order chi connectivity index (χ0) is 15.1. The number of nitrogens with two attached hydrogens (primary N) is 1. The first-order valence-corrected chi connectivity index (χ1v) is 7.63. The van der Waals surface area contributed by atoms with Gasteiger partial charge < -0.3 is 15.8 Å². The number of nitrogens with one attached hydrogen (secondary N) is 1. The number of methoxy groups -OCH3 is 1. The number of carbonyl (C=O) groups excluding carboxylic acids is 1. The largest absolute Gasteiger partial charge is 0.497 e. The molecule has 0 radical (unpaired) electrons. The average Bonchev–Trinajstić information content (AvgIpc) is 2.40. The lowest BCUT2D eigenvalue weighted by Gasteiger charge is -2.14. The molecule has 3 N–H and O–H groups in total. The van der Waals surface area contributed by atoms with Gasteiger partial charge in [0.2, 0.25) is 5.91 Å². The summed E-state index contributed by atoms with van der Waals surface area (Å²) in [5.41, 5.74) is 6.44. The van der Waals surface area contributed by atoms with Crippen molar-refractivity contribution >= 4 is 27.5 Å². The number of anilines is 1. The maximum atomic E-state index is 12.1. The van der Waals surface area contributed by atoms with Gasteiger partial charge in [-0.2, -0.15) is 0 Å². The van der Waals surface area contributed by atoms with Gasteiger partial charge in [-0.05, 0) is 47.8 Å². The van der Waals surface area contributed by atoms with Crippen LogP contribution in [0.25, 0.3) is 0 Å². The smallest absolute Gasteiger partial charge is 0.227 e. The van der Waals surface area contributed by atoms with Crippen LogP contribution in [0.4, 0.5) is 5.69 Å². The minimum Gasteiger partial charge on any atom is -0.497 e. The first-order chi connectivity index (χ1) is 9.43. The van der Waals surface area contributed by atoms with E-state index in [9.17, 15) is 4.79 Å². The summed E-state index contributed by atoms with van der Waals surface area (Å²) in [7, 11) is 1.60. The summed E-state index contributed by atoms with van der Waals surface area (Å²) >= 11 is 3.42. The maximum absolute atomic E-state index is 12.1. The summed E-state index contributed by atoms with van der Waals surface area (Å²) in [5, 5.41) is 2.93. The molecular formula is C15H23BrN2O2. The van der Waals surface area contributed by atoms with Gasteiger partial charge in [-0.25, -0.2) is 0 Å². The standard InChI is InChI=1S/C15H23BrN2O2/c1-10(5-4-6-11(2)17)15(19)18-14-9-12(20-3)7-8-13(14)16/h7-11H,4-6,17H2,1-3H3,(H,18,19). The van der Waals surface area contributed by atoms with Crippen LogP contribution < -0.4 is 15.8 Å². The molecule has 1 amide bonds. The molecule has 0 aromatic heterocycles. The number of amides is 1. The van der Waals surface area contributed by atoms with Gasteiger partial charge in [0.15, 0.2) is 0 Å². The molecule has 0 aliphatic carbocycles. The lowest BCUT2D eigenvalue weighted by atomic mass is 10.0. The molecule has 4 nitrogen and oxygen atoms in total. The van der Waals surface area contributed by atoms with E-state index in [1.807, 2.05) is 26.0 Å². The highest BCUT2D eigenvalue weighted by atomic mass is 79.9. The van der Waals surface area contributed by atoms with Crippen molar-refractivity contribution in [2.45, 2.75) is 39.2 Å². The Morgan fingerprint density at radius 2 is 2.10 bits per heavy atom. The van der Waals surface area contributed by atoms with Crippen molar-refractivity contribution in [3.8, 4) is 5.75 Å². The summed E-state index contributed by atoms with van der Waals surface area (Å²) in [6.45, 7) is 3.92. The van der Waals surface area contributed by atoms with Crippen LogP contribution in [0.1, 0.15) is 33.1 Å². The van der Waals surface area contributed by atoms with Gasteiger partial charge in [-0.15, -0.1) is 0 Å². The summed E-state index contributed by atoms with van der Waals surface area (Å²) in [4.78, 5) is 12.1. The Bertz CT molecular complexity index is 449. The van der Waals surface area contributed by atoms with E-state index in [-0.39, 0.29) is 17.9 Å². The Morgan fingerprint density at radius 1 is 1.40 bits per heavy atom. The quantitative estimate of drug-likeness (QED) is 0.796. The van der Waals surface area contributed by atoms with Crippen LogP contribution in [0, 0.1) is 5.92 Å². The number of benzene rings is 1. The summed E-state index contributed by atoms with van der Waals surface area (Å²) < 4.78 is 6.00. The molecule has 1 rings (SSSR count). The molecule has 0 aliphatic heterocycles. The number of hydrogen-bond donors (Lipinski definition) is 2. The fourth-order valence-electron chi connectivity index (χ4n) is 1.86. The second kappa shape index (κ2) is 8.27. The molecule has 0 saturated heterocycles. The van der Waals surface area contributed by atoms with Crippen LogP contribution in [-0.4, -0.2) is 19.1 Å². The molecule has 20 heavy (non-hydrogen) atoms. The molecule has 0 fully saturated rings. The molecule has 0 spiro atoms. The van der Waals surface area contributed by atoms with Crippen molar-refractivity contribution in [3.05, 3.63) is 22.7 Å². The van der Waals surface area contributed by atoms with Crippen molar-refractivity contribution in [2.75, 3.05) is 12.4 Å². The van der Waals surface area contributed by atoms with E-state index in [1.54, 1.807) is 13.2 Å². The fraction of sp³-hybridized carbons (Fsp3) is 0.533. The third kappa shape index (κ3) is 5.51. The van der Waals surface area contributed by atoms with Crippen molar-refractivity contribution < 1.29 is 9.53 Å². The number of ether oxygens (including phenoxy) is 1. The van der Waals surface area contributed by atoms with Gasteiger partial charge in [0, 0.05) is 22.5 Å². The van der Waals surface area contributed by atoms with Crippen LogP contribution in [0.15, 0.2) is 22.7 Å². The molecule has 5 heteroatoms. The first kappa shape index (κ1) is 17.0. The Kier molecular flexibility index (Phi) is 7.02. The molecule has 0 aliphatic rings. The van der Waals surface area contributed by atoms with Crippen molar-refractivity contribution in [2.24, 2.45) is 11.7 Å². The normalized spacial score (nSPS) is 13.7. The number of rotatable bonds is 7. The van der Waals surface area contributed by atoms with E-state index in [1.165, 1.54) is 0 Å². The van der Waals surface area contributed by atoms with Gasteiger partial charge in [0.25, 0.3) is 0 Å². The third-order valence-electron chi connectivity index (χ3n) is 3.18. The monoisotopic (exact) mass is 342 g/mol. The molecule has 1 aromatic carbocycles. The Morgan fingerprint density at radius 3 is 2.70 bits per heavy atom. The molecule has 0 heterocycles. The minimum atomic E-state index is -0.0353. The van der Waals surface area contributed by atoms with Crippen LogP contribution in [0.3, 0.4) is 0 Å². The second-order valence-electron chi connectivity index (χ2n) is 5.14. The van der Waals surface area contributed by atoms with Crippen LogP contribution >= 0.6 is 15.9 Å². The molecule has 0 bridgehead atoms. The minimum absolute atomic E-state index is 0.0172. The number of halogens is 1. The predicted molar refractivity (Wildman–Crippen MR) is 86.0 cm³/mol. The van der Waals surface area contributed by atoms with Gasteiger partial charge in [-0.1, -0.05) is 13.3 Å².